The first-order valence-corrected chi connectivity index (χ1v) is 11.8. The van der Waals surface area contributed by atoms with E-state index in [1.54, 1.807) is 36.9 Å². The molecule has 0 bridgehead atoms. The van der Waals surface area contributed by atoms with E-state index in [0.717, 1.165) is 21.9 Å². The van der Waals surface area contributed by atoms with Crippen molar-refractivity contribution >= 4 is 46.4 Å². The van der Waals surface area contributed by atoms with E-state index < -0.39 is 47.6 Å². The number of anilines is 2. The number of thiocarbonyl (C=S) groups is 1. The van der Waals surface area contributed by atoms with Gasteiger partial charge in [0.05, 0.1) is 34.4 Å². The number of nitrogens with zero attached hydrogens (tertiary/aromatic N) is 3. The number of benzene rings is 2. The third kappa shape index (κ3) is 4.33. The van der Waals surface area contributed by atoms with Gasteiger partial charge >= 0.3 is 6.18 Å². The molecule has 2 unspecified atom stereocenters. The molecule has 35 heavy (non-hydrogen) atoms. The summed E-state index contributed by atoms with van der Waals surface area (Å²) >= 11 is 6.96. The highest BCUT2D eigenvalue weighted by Crippen LogP contribution is 2.43. The summed E-state index contributed by atoms with van der Waals surface area (Å²) < 4.78 is 46.3. The van der Waals surface area contributed by atoms with E-state index in [0.29, 0.717) is 17.2 Å². The van der Waals surface area contributed by atoms with Gasteiger partial charge in [0, 0.05) is 11.4 Å². The highest BCUT2D eigenvalue weighted by Gasteiger charge is 2.51. The lowest BCUT2D eigenvalue weighted by atomic mass is 10.0. The minimum Gasteiger partial charge on any atom is -0.486 e. The third-order valence-electron chi connectivity index (χ3n) is 5.84. The summed E-state index contributed by atoms with van der Waals surface area (Å²) in [7, 11) is 0. The molecular formula is C23H20F3N3O4S2. The second-order valence-electron chi connectivity index (χ2n) is 8.51. The van der Waals surface area contributed by atoms with Crippen LogP contribution in [0.4, 0.5) is 24.5 Å². The van der Waals surface area contributed by atoms with Crippen molar-refractivity contribution in [1.82, 2.24) is 0 Å². The van der Waals surface area contributed by atoms with Crippen LogP contribution in [0.25, 0.3) is 0 Å². The summed E-state index contributed by atoms with van der Waals surface area (Å²) in [6.07, 6.45) is -6.39. The van der Waals surface area contributed by atoms with Crippen LogP contribution < -0.4 is 14.5 Å². The predicted molar refractivity (Wildman–Crippen MR) is 127 cm³/mol. The Morgan fingerprint density at radius 1 is 1.29 bits per heavy atom. The number of alkyl halides is 3. The van der Waals surface area contributed by atoms with Crippen LogP contribution in [0, 0.1) is 11.3 Å². The first kappa shape index (κ1) is 25.2. The Hall–Kier alpha value is -2.85. The number of carbonyl (C=O) groups excluding carboxylic acids is 1. The molecule has 2 aromatic rings. The zero-order valence-electron chi connectivity index (χ0n) is 18.5. The number of fused-ring (bicyclic) bond motifs is 1. The van der Waals surface area contributed by atoms with Crippen molar-refractivity contribution in [3.05, 3.63) is 47.5 Å². The quantitative estimate of drug-likeness (QED) is 0.586. The maximum absolute atomic E-state index is 13.5. The van der Waals surface area contributed by atoms with Crippen molar-refractivity contribution < 1.29 is 32.9 Å². The molecule has 1 fully saturated rings. The summed E-state index contributed by atoms with van der Waals surface area (Å²) in [6, 6.07) is 9.64. The lowest BCUT2D eigenvalue weighted by Crippen LogP contribution is -2.44. The lowest BCUT2D eigenvalue weighted by Gasteiger charge is -2.32. The van der Waals surface area contributed by atoms with Gasteiger partial charge in [-0.3, -0.25) is 9.69 Å². The number of hydrogen-bond donors (Lipinski definition) is 2. The Kier molecular flexibility index (Phi) is 6.48. The molecule has 2 aliphatic heterocycles. The summed E-state index contributed by atoms with van der Waals surface area (Å²) in [6.45, 7) is 2.80. The molecule has 2 aliphatic rings. The summed E-state index contributed by atoms with van der Waals surface area (Å²) in [5, 5.41) is 28.1. The zero-order valence-corrected chi connectivity index (χ0v) is 20.2. The standard InChI is InChI=1S/C23H20F3N3O4S2/c1-22(2)20(32)28(13-4-3-12(9-27)15(7-13)23(24,25)26)21(34)29(22)14-5-6-17-19(8-14)35-11-18(33-17)16(31)10-30/h3-8,16,18,30-31H,10-11H2,1-2H3. The number of aliphatic hydroxyl groups excluding tert-OH is 2. The molecule has 0 aliphatic carbocycles. The molecule has 184 valence electrons. The number of amides is 1. The van der Waals surface area contributed by atoms with Crippen LogP contribution in [0.5, 0.6) is 5.75 Å². The molecule has 0 aromatic heterocycles. The third-order valence-corrected chi connectivity index (χ3v) is 7.33. The van der Waals surface area contributed by atoms with E-state index in [4.69, 9.17) is 27.3 Å². The fraction of sp³-hybridized carbons (Fsp3) is 0.348. The van der Waals surface area contributed by atoms with Crippen molar-refractivity contribution in [3.63, 3.8) is 0 Å². The predicted octanol–water partition coefficient (Wildman–Crippen LogP) is 3.70. The fourth-order valence-corrected chi connectivity index (χ4v) is 5.60. The number of halogens is 3. The van der Waals surface area contributed by atoms with Crippen molar-refractivity contribution in [3.8, 4) is 11.8 Å². The van der Waals surface area contributed by atoms with Crippen LogP contribution in [-0.2, 0) is 11.0 Å². The molecule has 1 amide bonds. The Morgan fingerprint density at radius 3 is 2.60 bits per heavy atom. The average Bonchev–Trinajstić information content (AvgIpc) is 3.00. The van der Waals surface area contributed by atoms with Gasteiger partial charge in [-0.15, -0.1) is 11.8 Å². The molecule has 2 atom stereocenters. The highest BCUT2D eigenvalue weighted by atomic mass is 32.2. The van der Waals surface area contributed by atoms with Crippen molar-refractivity contribution in [1.29, 1.82) is 5.26 Å². The molecular weight excluding hydrogens is 503 g/mol. The minimum atomic E-state index is -4.78. The van der Waals surface area contributed by atoms with E-state index >= 15 is 0 Å². The van der Waals surface area contributed by atoms with Gasteiger partial charge < -0.3 is 19.8 Å². The number of nitriles is 1. The van der Waals surface area contributed by atoms with E-state index in [1.807, 2.05) is 0 Å². The van der Waals surface area contributed by atoms with Crippen LogP contribution in [0.2, 0.25) is 0 Å². The SMILES string of the molecule is CC1(C)C(=O)N(c2ccc(C#N)c(C(F)(F)F)c2)C(=S)N1c1ccc2c(c1)SCC(C(O)CO)O2. The Balaban J connectivity index is 1.70. The van der Waals surface area contributed by atoms with Crippen LogP contribution >= 0.6 is 24.0 Å². The maximum Gasteiger partial charge on any atom is 0.417 e. The average molecular weight is 524 g/mol. The Morgan fingerprint density at radius 2 is 1.97 bits per heavy atom. The smallest absolute Gasteiger partial charge is 0.417 e. The number of thioether (sulfide) groups is 1. The first-order valence-electron chi connectivity index (χ1n) is 10.4. The normalized spacial score (nSPS) is 20.3. The van der Waals surface area contributed by atoms with Gasteiger partial charge in [-0.25, -0.2) is 0 Å². The van der Waals surface area contributed by atoms with Gasteiger partial charge in [-0.1, -0.05) is 0 Å². The Bertz CT molecular complexity index is 1250. The maximum atomic E-state index is 13.5. The van der Waals surface area contributed by atoms with Gasteiger partial charge in [0.2, 0.25) is 0 Å². The summed E-state index contributed by atoms with van der Waals surface area (Å²) in [4.78, 5) is 16.7. The fourth-order valence-electron chi connectivity index (χ4n) is 3.98. The Labute approximate surface area is 208 Å². The highest BCUT2D eigenvalue weighted by molar-refractivity contribution is 7.99. The van der Waals surface area contributed by atoms with Gasteiger partial charge in [-0.2, -0.15) is 18.4 Å². The number of rotatable bonds is 4. The van der Waals surface area contributed by atoms with E-state index in [2.05, 4.69) is 0 Å². The van der Waals surface area contributed by atoms with Gasteiger partial charge in [-0.05, 0) is 62.5 Å². The van der Waals surface area contributed by atoms with Gasteiger partial charge in [0.1, 0.15) is 23.5 Å². The molecule has 2 aromatic carbocycles. The van der Waals surface area contributed by atoms with Gasteiger partial charge in [0.15, 0.2) is 5.11 Å². The second-order valence-corrected chi connectivity index (χ2v) is 9.93. The summed E-state index contributed by atoms with van der Waals surface area (Å²) in [5.41, 5.74) is -2.46. The molecule has 0 radical (unpaired) electrons. The second kappa shape index (κ2) is 8.98. The summed E-state index contributed by atoms with van der Waals surface area (Å²) in [5.74, 6) is 0.367. The lowest BCUT2D eigenvalue weighted by molar-refractivity contribution is -0.137. The van der Waals surface area contributed by atoms with E-state index in [1.165, 1.54) is 23.9 Å². The molecule has 0 saturated carbocycles. The van der Waals surface area contributed by atoms with Crippen LogP contribution in [-0.4, -0.2) is 51.3 Å². The molecule has 2 N–H and O–H groups in total. The van der Waals surface area contributed by atoms with Crippen LogP contribution in [0.1, 0.15) is 25.0 Å². The number of aliphatic hydroxyl groups is 2. The van der Waals surface area contributed by atoms with Crippen molar-refractivity contribution in [2.75, 3.05) is 22.2 Å². The number of carbonyl (C=O) groups is 1. The largest absolute Gasteiger partial charge is 0.486 e. The molecule has 0 spiro atoms. The van der Waals surface area contributed by atoms with Crippen LogP contribution in [0.15, 0.2) is 41.3 Å². The number of hydrogen-bond acceptors (Lipinski definition) is 7. The molecule has 2 heterocycles. The monoisotopic (exact) mass is 523 g/mol. The topological polar surface area (TPSA) is 97.0 Å². The van der Waals surface area contributed by atoms with Gasteiger partial charge in [0.25, 0.3) is 5.91 Å². The molecule has 1 saturated heterocycles. The van der Waals surface area contributed by atoms with Crippen molar-refractivity contribution in [2.24, 2.45) is 0 Å². The molecule has 7 nitrogen and oxygen atoms in total. The van der Waals surface area contributed by atoms with Crippen molar-refractivity contribution in [2.45, 2.75) is 42.7 Å². The minimum absolute atomic E-state index is 0.00640. The molecule has 12 heteroatoms. The van der Waals surface area contributed by atoms with Crippen LogP contribution in [0.3, 0.4) is 0 Å². The molecule has 4 rings (SSSR count). The zero-order chi connectivity index (χ0) is 25.7. The number of ether oxygens (including phenoxy) is 1. The van der Waals surface area contributed by atoms with E-state index in [-0.39, 0.29) is 10.8 Å². The first-order chi connectivity index (χ1) is 16.4. The van der Waals surface area contributed by atoms with E-state index in [9.17, 15) is 23.1 Å².